The van der Waals surface area contributed by atoms with Crippen LogP contribution in [0.15, 0.2) is 80.7 Å². The second kappa shape index (κ2) is 9.28. The van der Waals surface area contributed by atoms with E-state index in [1.165, 1.54) is 36.0 Å². The number of carbonyl (C=O) groups excluding carboxylic acids is 1. The third-order valence-electron chi connectivity index (χ3n) is 10.2. The summed E-state index contributed by atoms with van der Waals surface area (Å²) in [6, 6.07) is 22.6. The van der Waals surface area contributed by atoms with Gasteiger partial charge in [0.05, 0.1) is 0 Å². The summed E-state index contributed by atoms with van der Waals surface area (Å²) in [5, 5.41) is 0. The van der Waals surface area contributed by atoms with Crippen molar-refractivity contribution in [3.05, 3.63) is 80.7 Å². The molecule has 5 aliphatic carbocycles. The van der Waals surface area contributed by atoms with Crippen molar-refractivity contribution >= 4 is 25.3 Å². The Morgan fingerprint density at radius 2 is 1.40 bits per heavy atom. The Morgan fingerprint density at radius 1 is 0.857 bits per heavy atom. The summed E-state index contributed by atoms with van der Waals surface area (Å²) in [4.78, 5) is 14.5. The predicted octanol–water partition coefficient (Wildman–Crippen LogP) is 5.26. The van der Waals surface area contributed by atoms with E-state index < -0.39 is 30.1 Å². The molecule has 0 spiro atoms. The summed E-state index contributed by atoms with van der Waals surface area (Å²) in [6.45, 7) is 9.39. The van der Waals surface area contributed by atoms with Crippen molar-refractivity contribution in [3.63, 3.8) is 0 Å². The molecule has 3 unspecified atom stereocenters. The van der Waals surface area contributed by atoms with Crippen molar-refractivity contribution in [2.24, 2.45) is 29.1 Å². The average Bonchev–Trinajstić information content (AvgIpc) is 3.36. The van der Waals surface area contributed by atoms with Crippen LogP contribution in [0, 0.1) is 29.1 Å². The Kier molecular flexibility index (Phi) is 6.41. The molecule has 5 aliphatic rings. The van der Waals surface area contributed by atoms with Crippen molar-refractivity contribution in [1.82, 2.24) is 3.26 Å². The molecule has 181 valence electrons. The molecule has 0 radical (unpaired) electrons. The van der Waals surface area contributed by atoms with E-state index in [0.29, 0.717) is 17.7 Å². The van der Waals surface area contributed by atoms with Gasteiger partial charge in [0.1, 0.15) is 0 Å². The van der Waals surface area contributed by atoms with Crippen molar-refractivity contribution in [1.29, 1.82) is 0 Å². The monoisotopic (exact) mass is 604 g/mol. The van der Waals surface area contributed by atoms with Gasteiger partial charge in [-0.25, -0.2) is 0 Å². The summed E-state index contributed by atoms with van der Waals surface area (Å²) < 4.78 is 8.84. The fraction of sp³-hybridized carbons (Fsp3) is 0.452. The first kappa shape index (κ1) is 24.2. The molecule has 0 heterocycles. The number of allylic oxidation sites excluding steroid dienone is 4. The number of hydrogen-bond acceptors (Lipinski definition) is 1. The molecule has 4 fully saturated rings. The van der Waals surface area contributed by atoms with Crippen LogP contribution in [-0.2, 0) is 24.3 Å². The van der Waals surface area contributed by atoms with Crippen LogP contribution < -0.4 is 12.1 Å². The Morgan fingerprint density at radius 3 is 1.89 bits per heavy atom. The first-order valence-electron chi connectivity index (χ1n) is 13.6. The van der Waals surface area contributed by atoms with E-state index in [0.717, 1.165) is 24.7 Å². The number of benzene rings is 2. The molecular formula is C31H38GeNOZr. The van der Waals surface area contributed by atoms with Gasteiger partial charge < -0.3 is 0 Å². The van der Waals surface area contributed by atoms with E-state index in [1.54, 1.807) is 12.1 Å². The second-order valence-corrected chi connectivity index (χ2v) is 35.0. The molecule has 35 heavy (non-hydrogen) atoms. The van der Waals surface area contributed by atoms with Gasteiger partial charge in [-0.1, -0.05) is 0 Å². The molecule has 0 saturated heterocycles. The van der Waals surface area contributed by atoms with Gasteiger partial charge in [0, 0.05) is 0 Å². The number of nitrogens with one attached hydrogen (secondary N) is 1. The third kappa shape index (κ3) is 3.95. The van der Waals surface area contributed by atoms with Crippen LogP contribution >= 0.6 is 0 Å². The van der Waals surface area contributed by atoms with Crippen LogP contribution in [0.5, 0.6) is 0 Å². The molecule has 1 N–H and O–H groups in total. The summed E-state index contributed by atoms with van der Waals surface area (Å²) in [5.41, 5.74) is 4.45. The third-order valence-corrected chi connectivity index (χ3v) is 42.0. The van der Waals surface area contributed by atoms with Crippen molar-refractivity contribution in [2.45, 2.75) is 59.8 Å². The molecule has 4 heteroatoms. The molecule has 2 aromatic carbocycles. The molecule has 4 bridgehead atoms. The quantitative estimate of drug-likeness (QED) is 0.448. The van der Waals surface area contributed by atoms with Gasteiger partial charge >= 0.3 is 222 Å². The molecule has 3 atom stereocenters. The minimum absolute atomic E-state index is 0.0482. The first-order valence-corrected chi connectivity index (χ1v) is 27.0. The maximum absolute atomic E-state index is 14.5. The Bertz CT molecular complexity index is 1150. The van der Waals surface area contributed by atoms with E-state index in [-0.39, 0.29) is 5.41 Å². The van der Waals surface area contributed by atoms with Crippen LogP contribution in [0.1, 0.15) is 59.8 Å². The van der Waals surface area contributed by atoms with Crippen LogP contribution in [0.25, 0.3) is 0 Å². The van der Waals surface area contributed by atoms with Gasteiger partial charge in [-0.15, -0.1) is 0 Å². The predicted molar refractivity (Wildman–Crippen MR) is 144 cm³/mol. The second-order valence-electron chi connectivity index (χ2n) is 11.9. The zero-order chi connectivity index (χ0) is 24.3. The topological polar surface area (TPSA) is 29.1 Å². The first-order chi connectivity index (χ1) is 16.9. The Labute approximate surface area is 221 Å². The molecule has 0 aliphatic heterocycles. The number of rotatable bonds is 6. The van der Waals surface area contributed by atoms with Gasteiger partial charge in [0.2, 0.25) is 0 Å². The van der Waals surface area contributed by atoms with Crippen LogP contribution in [-0.4, -0.2) is 16.5 Å². The Hall–Kier alpha value is -1.18. The van der Waals surface area contributed by atoms with Crippen LogP contribution in [0.4, 0.5) is 0 Å². The molecule has 7 rings (SSSR count). The molecule has 2 nitrogen and oxygen atoms in total. The van der Waals surface area contributed by atoms with E-state index in [9.17, 15) is 4.79 Å². The normalized spacial score (nSPS) is 31.1. The molecule has 0 aromatic heterocycles. The maximum atomic E-state index is 14.5. The van der Waals surface area contributed by atoms with Gasteiger partial charge in [-0.3, -0.25) is 0 Å². The summed E-state index contributed by atoms with van der Waals surface area (Å²) in [5.74, 6) is 3.21. The average molecular weight is 604 g/mol. The molecule has 4 saturated carbocycles. The number of hydrogen-bond donors (Lipinski definition) is 1. The number of amides is 1. The van der Waals surface area contributed by atoms with Crippen molar-refractivity contribution in [3.8, 4) is 0 Å². The van der Waals surface area contributed by atoms with Gasteiger partial charge in [-0.05, 0) is 0 Å². The summed E-state index contributed by atoms with van der Waals surface area (Å²) in [6.07, 6.45) is 6.32. The zero-order valence-electron chi connectivity index (χ0n) is 21.6. The van der Waals surface area contributed by atoms with Gasteiger partial charge in [-0.2, -0.15) is 0 Å². The van der Waals surface area contributed by atoms with Crippen LogP contribution in [0.2, 0.25) is 0 Å². The van der Waals surface area contributed by atoms with Gasteiger partial charge in [0.15, 0.2) is 0 Å². The van der Waals surface area contributed by atoms with E-state index >= 15 is 0 Å². The Balaban J connectivity index is 1.46. The molecule has 1 amide bonds. The van der Waals surface area contributed by atoms with Crippen molar-refractivity contribution < 1.29 is 24.3 Å². The summed E-state index contributed by atoms with van der Waals surface area (Å²) in [7, 11) is -2.28. The SMILES string of the molecule is CC1=C(C)C(C)[C]([Zr]([NH]C(=O)C23CC4CC(CC2C4)C3)[GeH]([c]2ccccc2)[c]2ccccc2)=C1C. The fourth-order valence-electron chi connectivity index (χ4n) is 8.32. The molecular weight excluding hydrogens is 566 g/mol. The van der Waals surface area contributed by atoms with E-state index in [1.807, 2.05) is 0 Å². The standard InChI is InChI=1S/C12H11Ge.C10H15NO.C9H13.Zr/c1-3-7-11(8-4-1)13-12-9-5-2-6-10-12;11-9(12)10-4-6-1-7(5-10)3-8(10)2-6;1-6-5-7(2)9(4)8(6)3;/h1-10,13H;6-8H,1-5H2,(H2,11,12);6H,1-4H3;/q;;;+1/p-1. The molecule has 2 aromatic rings. The van der Waals surface area contributed by atoms with E-state index in [2.05, 4.69) is 91.6 Å². The van der Waals surface area contributed by atoms with E-state index in [4.69, 9.17) is 0 Å². The van der Waals surface area contributed by atoms with Crippen LogP contribution in [0.3, 0.4) is 0 Å². The van der Waals surface area contributed by atoms with Gasteiger partial charge in [0.25, 0.3) is 0 Å². The number of carbonyl (C=O) groups is 1. The summed E-state index contributed by atoms with van der Waals surface area (Å²) >= 11 is -2.60. The van der Waals surface area contributed by atoms with Crippen molar-refractivity contribution in [2.75, 3.05) is 0 Å². The fourth-order valence-corrected chi connectivity index (χ4v) is 45.4. The minimum atomic E-state index is -2.60. The zero-order valence-corrected chi connectivity index (χ0v) is 26.5.